The van der Waals surface area contributed by atoms with Crippen molar-refractivity contribution in [2.75, 3.05) is 7.11 Å². The minimum atomic E-state index is -0.558. The Hall–Kier alpha value is -2.55. The molecule has 6 heteroatoms. The molecule has 0 fully saturated rings. The van der Waals surface area contributed by atoms with Crippen molar-refractivity contribution in [2.24, 2.45) is 5.73 Å². The van der Waals surface area contributed by atoms with Crippen molar-refractivity contribution in [2.45, 2.75) is 6.92 Å². The molecule has 0 aliphatic rings. The molecule has 1 rings (SSSR count). The maximum absolute atomic E-state index is 10.8. The third-order valence-corrected chi connectivity index (χ3v) is 2.26. The summed E-state index contributed by atoms with van der Waals surface area (Å²) in [4.78, 5) is 10.2. The van der Waals surface area contributed by atoms with Crippen molar-refractivity contribution in [3.8, 4) is 11.8 Å². The second kappa shape index (κ2) is 4.99. The number of hydrogen-bond donors (Lipinski definition) is 1. The van der Waals surface area contributed by atoms with Crippen LogP contribution in [0, 0.1) is 21.4 Å². The van der Waals surface area contributed by atoms with Gasteiger partial charge in [0.25, 0.3) is 0 Å². The first-order chi connectivity index (χ1) is 8.01. The molecule has 6 nitrogen and oxygen atoms in total. The highest BCUT2D eigenvalue weighted by Gasteiger charge is 2.16. The van der Waals surface area contributed by atoms with Crippen molar-refractivity contribution in [3.05, 3.63) is 39.4 Å². The molecule has 0 atom stereocenters. The predicted octanol–water partition coefficient (Wildman–Crippen LogP) is 1.82. The van der Waals surface area contributed by atoms with E-state index in [1.165, 1.54) is 19.2 Å². The van der Waals surface area contributed by atoms with Gasteiger partial charge >= 0.3 is 5.69 Å². The quantitative estimate of drug-likeness (QED) is 0.487. The second-order valence-electron chi connectivity index (χ2n) is 3.29. The zero-order chi connectivity index (χ0) is 13.0. The van der Waals surface area contributed by atoms with Crippen LogP contribution in [0.25, 0.3) is 5.70 Å². The van der Waals surface area contributed by atoms with E-state index in [0.29, 0.717) is 11.1 Å². The Balaban J connectivity index is 3.37. The van der Waals surface area contributed by atoms with Crippen LogP contribution in [0.5, 0.6) is 5.75 Å². The number of hydrogen-bond acceptors (Lipinski definition) is 5. The Bertz CT molecular complexity index is 529. The van der Waals surface area contributed by atoms with Crippen LogP contribution in [0.3, 0.4) is 0 Å². The lowest BCUT2D eigenvalue weighted by Gasteiger charge is -2.05. The van der Waals surface area contributed by atoms with Crippen LogP contribution in [0.4, 0.5) is 5.69 Å². The van der Waals surface area contributed by atoms with Crippen molar-refractivity contribution < 1.29 is 9.66 Å². The van der Waals surface area contributed by atoms with Crippen LogP contribution < -0.4 is 10.5 Å². The third kappa shape index (κ3) is 2.52. The standard InChI is InChI=1S/C11H11N3O3/c1-7(6-12)11(13)8-3-4-10(17-2)9(5-8)14(15)16/h3-5H,13H2,1-2H3/b11-7+. The number of nitro groups is 1. The number of nitriles is 1. The topological polar surface area (TPSA) is 102 Å². The van der Waals surface area contributed by atoms with Gasteiger partial charge in [0.05, 0.1) is 23.8 Å². The Kier molecular flexibility index (Phi) is 3.67. The van der Waals surface area contributed by atoms with E-state index >= 15 is 0 Å². The molecule has 0 aliphatic heterocycles. The van der Waals surface area contributed by atoms with Gasteiger partial charge in [-0.15, -0.1) is 0 Å². The molecule has 2 N–H and O–H groups in total. The number of methoxy groups -OCH3 is 1. The number of allylic oxidation sites excluding steroid dienone is 1. The Morgan fingerprint density at radius 3 is 2.71 bits per heavy atom. The number of nitrogens with two attached hydrogens (primary N) is 1. The van der Waals surface area contributed by atoms with Gasteiger partial charge in [0.1, 0.15) is 0 Å². The minimum absolute atomic E-state index is 0.154. The van der Waals surface area contributed by atoms with Gasteiger partial charge in [0, 0.05) is 17.2 Å². The molecule has 0 heterocycles. The normalized spacial score (nSPS) is 11.4. The van der Waals surface area contributed by atoms with Gasteiger partial charge in [-0.05, 0) is 19.1 Å². The maximum Gasteiger partial charge on any atom is 0.311 e. The highest BCUT2D eigenvalue weighted by molar-refractivity contribution is 5.71. The van der Waals surface area contributed by atoms with Gasteiger partial charge < -0.3 is 10.5 Å². The molecule has 88 valence electrons. The summed E-state index contributed by atoms with van der Waals surface area (Å²) >= 11 is 0. The van der Waals surface area contributed by atoms with Crippen molar-refractivity contribution >= 4 is 11.4 Å². The zero-order valence-corrected chi connectivity index (χ0v) is 9.43. The lowest BCUT2D eigenvalue weighted by molar-refractivity contribution is -0.385. The van der Waals surface area contributed by atoms with Gasteiger partial charge in [-0.1, -0.05) is 0 Å². The SMILES string of the molecule is COc1ccc(/C(N)=C(/C)C#N)cc1[N+](=O)[O-]. The fourth-order valence-corrected chi connectivity index (χ4v) is 1.28. The highest BCUT2D eigenvalue weighted by atomic mass is 16.6. The summed E-state index contributed by atoms with van der Waals surface area (Å²) in [5.74, 6) is 0.154. The molecule has 0 radical (unpaired) electrons. The first kappa shape index (κ1) is 12.5. The molecule has 1 aromatic rings. The molecule has 0 saturated heterocycles. The molecule has 0 amide bonds. The van der Waals surface area contributed by atoms with Crippen molar-refractivity contribution in [1.29, 1.82) is 5.26 Å². The summed E-state index contributed by atoms with van der Waals surface area (Å²) < 4.78 is 4.86. The molecule has 0 aromatic heterocycles. The summed E-state index contributed by atoms with van der Waals surface area (Å²) in [7, 11) is 1.35. The largest absolute Gasteiger partial charge is 0.490 e. The van der Waals surface area contributed by atoms with Crippen LogP contribution >= 0.6 is 0 Å². The van der Waals surface area contributed by atoms with Crippen molar-refractivity contribution in [1.82, 2.24) is 0 Å². The van der Waals surface area contributed by atoms with E-state index in [4.69, 9.17) is 15.7 Å². The predicted molar refractivity (Wildman–Crippen MR) is 62.0 cm³/mol. The number of benzene rings is 1. The molecule has 0 aliphatic carbocycles. The maximum atomic E-state index is 10.8. The van der Waals surface area contributed by atoms with Crippen molar-refractivity contribution in [3.63, 3.8) is 0 Å². The highest BCUT2D eigenvalue weighted by Crippen LogP contribution is 2.29. The molecule has 0 unspecified atom stereocenters. The van der Waals surface area contributed by atoms with E-state index < -0.39 is 4.92 Å². The fraction of sp³-hybridized carbons (Fsp3) is 0.182. The average Bonchev–Trinajstić information content (AvgIpc) is 2.35. The van der Waals surface area contributed by atoms with Gasteiger partial charge in [0.2, 0.25) is 0 Å². The lowest BCUT2D eigenvalue weighted by Crippen LogP contribution is -2.01. The van der Waals surface area contributed by atoms with E-state index in [0.717, 1.165) is 0 Å². The molecule has 0 spiro atoms. The summed E-state index contributed by atoms with van der Waals surface area (Å²) in [6.07, 6.45) is 0. The zero-order valence-electron chi connectivity index (χ0n) is 9.43. The molecule has 0 bridgehead atoms. The molecule has 1 aromatic carbocycles. The summed E-state index contributed by atoms with van der Waals surface area (Å²) in [6.45, 7) is 1.55. The fourth-order valence-electron chi connectivity index (χ4n) is 1.28. The first-order valence-electron chi connectivity index (χ1n) is 4.70. The van der Waals surface area contributed by atoms with E-state index in [-0.39, 0.29) is 17.1 Å². The Morgan fingerprint density at radius 1 is 1.59 bits per heavy atom. The smallest absolute Gasteiger partial charge is 0.311 e. The monoisotopic (exact) mass is 233 g/mol. The van der Waals surface area contributed by atoms with Gasteiger partial charge in [-0.25, -0.2) is 0 Å². The third-order valence-electron chi connectivity index (χ3n) is 2.26. The van der Waals surface area contributed by atoms with Gasteiger partial charge in [0.15, 0.2) is 5.75 Å². The Morgan fingerprint density at radius 2 is 2.24 bits per heavy atom. The van der Waals surface area contributed by atoms with Crippen LogP contribution in [0.2, 0.25) is 0 Å². The minimum Gasteiger partial charge on any atom is -0.490 e. The van der Waals surface area contributed by atoms with E-state index in [1.807, 2.05) is 6.07 Å². The summed E-state index contributed by atoms with van der Waals surface area (Å²) in [5.41, 5.74) is 6.48. The molecule has 17 heavy (non-hydrogen) atoms. The number of nitrogens with zero attached hydrogens (tertiary/aromatic N) is 2. The molecular weight excluding hydrogens is 222 g/mol. The first-order valence-corrected chi connectivity index (χ1v) is 4.70. The number of ether oxygens (including phenoxy) is 1. The van der Waals surface area contributed by atoms with Crippen LogP contribution in [0.1, 0.15) is 12.5 Å². The van der Waals surface area contributed by atoms with E-state index in [2.05, 4.69) is 0 Å². The van der Waals surface area contributed by atoms with Gasteiger partial charge in [-0.3, -0.25) is 10.1 Å². The van der Waals surface area contributed by atoms with Crippen LogP contribution in [-0.2, 0) is 0 Å². The van der Waals surface area contributed by atoms with Gasteiger partial charge in [-0.2, -0.15) is 5.26 Å². The van der Waals surface area contributed by atoms with E-state index in [1.54, 1.807) is 13.0 Å². The van der Waals surface area contributed by atoms with E-state index in [9.17, 15) is 10.1 Å². The summed E-state index contributed by atoms with van der Waals surface area (Å²) in [5, 5.41) is 19.5. The average molecular weight is 233 g/mol. The molecule has 0 saturated carbocycles. The Labute approximate surface area is 98.1 Å². The lowest BCUT2D eigenvalue weighted by atomic mass is 10.1. The number of nitro benzene ring substituents is 1. The van der Waals surface area contributed by atoms with Crippen LogP contribution in [-0.4, -0.2) is 12.0 Å². The number of rotatable bonds is 3. The second-order valence-corrected chi connectivity index (χ2v) is 3.29. The van der Waals surface area contributed by atoms with Crippen LogP contribution in [0.15, 0.2) is 23.8 Å². The molecular formula is C11H11N3O3. The summed E-state index contributed by atoms with van der Waals surface area (Å²) in [6, 6.07) is 6.20.